The van der Waals surface area contributed by atoms with Gasteiger partial charge in [-0.2, -0.15) is 0 Å². The summed E-state index contributed by atoms with van der Waals surface area (Å²) in [5.41, 5.74) is 0. The minimum absolute atomic E-state index is 0.855. The van der Waals surface area contributed by atoms with Gasteiger partial charge in [-0.25, -0.2) is 9.97 Å². The van der Waals surface area contributed by atoms with Crippen molar-refractivity contribution in [3.8, 4) is 5.75 Å². The van der Waals surface area contributed by atoms with E-state index >= 15 is 0 Å². The van der Waals surface area contributed by atoms with Crippen LogP contribution in [0.4, 0.5) is 11.6 Å². The zero-order valence-corrected chi connectivity index (χ0v) is 15.6. The van der Waals surface area contributed by atoms with Crippen LogP contribution in [0.2, 0.25) is 0 Å². The molecule has 3 heterocycles. The zero-order chi connectivity index (χ0) is 17.2. The van der Waals surface area contributed by atoms with Gasteiger partial charge >= 0.3 is 0 Å². The average Bonchev–Trinajstić information content (AvgIpc) is 2.69. The van der Waals surface area contributed by atoms with Crippen molar-refractivity contribution in [3.63, 3.8) is 0 Å². The predicted molar refractivity (Wildman–Crippen MR) is 105 cm³/mol. The molecule has 0 spiro atoms. The summed E-state index contributed by atoms with van der Waals surface area (Å²) in [6.45, 7) is 3.65. The van der Waals surface area contributed by atoms with E-state index in [0.29, 0.717) is 0 Å². The second-order valence-corrected chi connectivity index (χ2v) is 6.83. The average molecular weight is 399 g/mol. The maximum Gasteiger partial charge on any atom is 0.140 e. The first-order valence-corrected chi connectivity index (χ1v) is 9.09. The van der Waals surface area contributed by atoms with Gasteiger partial charge in [0, 0.05) is 48.4 Å². The Bertz CT molecular complexity index is 879. The number of halogens is 1. The number of fused-ring (bicyclic) bond motifs is 1. The largest absolute Gasteiger partial charge is 0.496 e. The van der Waals surface area contributed by atoms with Crippen LogP contribution in [0, 0.1) is 0 Å². The molecular formula is C19H19BrN4O. The van der Waals surface area contributed by atoms with Crippen molar-refractivity contribution in [1.29, 1.82) is 0 Å². The first-order valence-electron chi connectivity index (χ1n) is 8.30. The molecule has 1 fully saturated rings. The fourth-order valence-electron chi connectivity index (χ4n) is 3.31. The van der Waals surface area contributed by atoms with Gasteiger partial charge in [-0.05, 0) is 34.1 Å². The number of methoxy groups -OCH3 is 1. The molecule has 1 aliphatic heterocycles. The van der Waals surface area contributed by atoms with E-state index in [1.807, 2.05) is 36.7 Å². The van der Waals surface area contributed by atoms with E-state index in [-0.39, 0.29) is 0 Å². The second-order valence-electron chi connectivity index (χ2n) is 5.97. The summed E-state index contributed by atoms with van der Waals surface area (Å²) in [5, 5.41) is 2.18. The molecule has 4 rings (SSSR count). The quantitative estimate of drug-likeness (QED) is 0.672. The molecule has 0 N–H and O–H groups in total. The Morgan fingerprint density at radius 2 is 1.76 bits per heavy atom. The van der Waals surface area contributed by atoms with Gasteiger partial charge in [-0.3, -0.25) is 0 Å². The highest BCUT2D eigenvalue weighted by atomic mass is 79.9. The molecule has 0 atom stereocenters. The van der Waals surface area contributed by atoms with Crippen molar-refractivity contribution in [1.82, 2.24) is 9.97 Å². The molecule has 1 aliphatic rings. The fourth-order valence-corrected chi connectivity index (χ4v) is 3.74. The topological polar surface area (TPSA) is 41.5 Å². The molecule has 0 bridgehead atoms. The first kappa shape index (κ1) is 16.1. The van der Waals surface area contributed by atoms with Crippen LogP contribution in [-0.4, -0.2) is 43.3 Å². The molecule has 0 aliphatic carbocycles. The van der Waals surface area contributed by atoms with Crippen LogP contribution in [0.3, 0.4) is 0 Å². The minimum Gasteiger partial charge on any atom is -0.496 e. The van der Waals surface area contributed by atoms with E-state index in [4.69, 9.17) is 9.72 Å². The fraction of sp³-hybridized carbons (Fsp3) is 0.263. The van der Waals surface area contributed by atoms with Crippen LogP contribution in [0.15, 0.2) is 53.3 Å². The lowest BCUT2D eigenvalue weighted by Crippen LogP contribution is -2.47. The lowest BCUT2D eigenvalue weighted by atomic mass is 10.1. The van der Waals surface area contributed by atoms with Crippen molar-refractivity contribution < 1.29 is 4.74 Å². The Morgan fingerprint density at radius 1 is 0.960 bits per heavy atom. The van der Waals surface area contributed by atoms with Crippen molar-refractivity contribution in [3.05, 3.63) is 53.3 Å². The Balaban J connectivity index is 1.64. The molecule has 128 valence electrons. The van der Waals surface area contributed by atoms with Gasteiger partial charge in [-0.15, -0.1) is 0 Å². The number of rotatable bonds is 3. The van der Waals surface area contributed by atoms with Crippen molar-refractivity contribution in [2.45, 2.75) is 0 Å². The van der Waals surface area contributed by atoms with E-state index in [0.717, 1.165) is 58.8 Å². The molecule has 0 unspecified atom stereocenters. The second kappa shape index (κ2) is 6.88. The Hall–Kier alpha value is -2.34. The van der Waals surface area contributed by atoms with E-state index < -0.39 is 0 Å². The molecule has 5 nitrogen and oxygen atoms in total. The van der Waals surface area contributed by atoms with Gasteiger partial charge in [0.05, 0.1) is 12.5 Å². The summed E-state index contributed by atoms with van der Waals surface area (Å²) < 4.78 is 6.58. The smallest absolute Gasteiger partial charge is 0.140 e. The molecule has 6 heteroatoms. The van der Waals surface area contributed by atoms with Gasteiger partial charge in [-0.1, -0.05) is 18.2 Å². The first-order chi connectivity index (χ1) is 12.3. The maximum absolute atomic E-state index is 5.60. The molecule has 2 aromatic heterocycles. The number of nitrogens with zero attached hydrogens (tertiary/aromatic N) is 4. The van der Waals surface area contributed by atoms with Gasteiger partial charge in [0.1, 0.15) is 17.4 Å². The van der Waals surface area contributed by atoms with E-state index in [1.165, 1.54) is 0 Å². The zero-order valence-electron chi connectivity index (χ0n) is 14.0. The number of aromatic nitrogens is 2. The van der Waals surface area contributed by atoms with Gasteiger partial charge in [0.25, 0.3) is 0 Å². The number of anilines is 2. The van der Waals surface area contributed by atoms with Gasteiger partial charge < -0.3 is 14.5 Å². The molecular weight excluding hydrogens is 380 g/mol. The molecule has 0 amide bonds. The molecule has 1 saturated heterocycles. The lowest BCUT2D eigenvalue weighted by Gasteiger charge is -2.36. The Kier molecular flexibility index (Phi) is 4.44. The highest BCUT2D eigenvalue weighted by Gasteiger charge is 2.22. The third-order valence-electron chi connectivity index (χ3n) is 4.58. The molecule has 0 radical (unpaired) electrons. The highest BCUT2D eigenvalue weighted by Crippen LogP contribution is 2.37. The molecule has 0 saturated carbocycles. The number of hydrogen-bond acceptors (Lipinski definition) is 5. The summed E-state index contributed by atoms with van der Waals surface area (Å²) in [5.74, 6) is 2.87. The van der Waals surface area contributed by atoms with Gasteiger partial charge in [0.15, 0.2) is 0 Å². The van der Waals surface area contributed by atoms with Crippen molar-refractivity contribution in [2.24, 2.45) is 0 Å². The third kappa shape index (κ3) is 3.02. The van der Waals surface area contributed by atoms with Gasteiger partial charge in [0.2, 0.25) is 0 Å². The van der Waals surface area contributed by atoms with Crippen LogP contribution in [-0.2, 0) is 0 Å². The summed E-state index contributed by atoms with van der Waals surface area (Å²) in [6, 6.07) is 12.1. The number of ether oxygens (including phenoxy) is 1. The van der Waals surface area contributed by atoms with Crippen LogP contribution in [0.5, 0.6) is 5.75 Å². The monoisotopic (exact) mass is 398 g/mol. The molecule has 25 heavy (non-hydrogen) atoms. The lowest BCUT2D eigenvalue weighted by molar-refractivity contribution is 0.419. The van der Waals surface area contributed by atoms with E-state index in [9.17, 15) is 0 Å². The summed E-state index contributed by atoms with van der Waals surface area (Å²) in [7, 11) is 1.71. The number of pyridine rings is 2. The maximum atomic E-state index is 5.60. The van der Waals surface area contributed by atoms with Crippen molar-refractivity contribution >= 4 is 38.3 Å². The summed E-state index contributed by atoms with van der Waals surface area (Å²) in [6.07, 6.45) is 3.72. The Morgan fingerprint density at radius 3 is 2.48 bits per heavy atom. The summed E-state index contributed by atoms with van der Waals surface area (Å²) >= 11 is 3.61. The normalized spacial score (nSPS) is 14.8. The third-order valence-corrected chi connectivity index (χ3v) is 5.21. The van der Waals surface area contributed by atoms with E-state index in [1.54, 1.807) is 7.11 Å². The van der Waals surface area contributed by atoms with Crippen LogP contribution in [0.25, 0.3) is 10.8 Å². The highest BCUT2D eigenvalue weighted by molar-refractivity contribution is 9.10. The van der Waals surface area contributed by atoms with Crippen LogP contribution >= 0.6 is 15.9 Å². The minimum atomic E-state index is 0.855. The predicted octanol–water partition coefficient (Wildman–Crippen LogP) is 3.73. The number of piperazine rings is 1. The SMILES string of the molecule is COc1cccc2c(Br)cnc(N3CCN(c4ccccn4)CC3)c12. The standard InChI is InChI=1S/C19H19BrN4O/c1-25-16-6-4-5-14-15(20)13-22-19(18(14)16)24-11-9-23(10-12-24)17-7-2-3-8-21-17/h2-8,13H,9-12H2,1H3. The molecule has 1 aromatic carbocycles. The Labute approximate surface area is 155 Å². The van der Waals surface area contributed by atoms with Crippen LogP contribution in [0.1, 0.15) is 0 Å². The summed E-state index contributed by atoms with van der Waals surface area (Å²) in [4.78, 5) is 13.8. The van der Waals surface area contributed by atoms with Crippen molar-refractivity contribution in [2.75, 3.05) is 43.1 Å². The van der Waals surface area contributed by atoms with E-state index in [2.05, 4.69) is 42.8 Å². The number of benzene rings is 1. The van der Waals surface area contributed by atoms with Crippen LogP contribution < -0.4 is 14.5 Å². The number of hydrogen-bond donors (Lipinski definition) is 0. The molecule has 3 aromatic rings.